The van der Waals surface area contributed by atoms with Crippen LogP contribution in [0.25, 0.3) is 22.0 Å². The quantitative estimate of drug-likeness (QED) is 0.477. The predicted octanol–water partition coefficient (Wildman–Crippen LogP) is 4.54. The molecule has 0 fully saturated rings. The van der Waals surface area contributed by atoms with Gasteiger partial charge in [-0.2, -0.15) is 5.26 Å². The van der Waals surface area contributed by atoms with Crippen molar-refractivity contribution in [2.24, 2.45) is 11.5 Å². The maximum absolute atomic E-state index is 9.48. The SMILES string of the molecule is C=C=O.CC.CN.CNc1nnc(C2=CC(C)=C(N)C=C(C#N)C2)n1-c1cccc2ccccc12. The maximum atomic E-state index is 9.48. The molecule has 0 aliphatic heterocycles. The van der Waals surface area contributed by atoms with Gasteiger partial charge in [-0.05, 0) is 49.7 Å². The van der Waals surface area contributed by atoms with Gasteiger partial charge in [0.2, 0.25) is 5.95 Å². The topological polar surface area (TPSA) is 136 Å². The Morgan fingerprint density at radius 3 is 2.34 bits per heavy atom. The molecule has 0 atom stereocenters. The van der Waals surface area contributed by atoms with E-state index in [1.807, 2.05) is 62.7 Å². The average Bonchev–Trinajstić information content (AvgIpc) is 3.27. The minimum atomic E-state index is 0.446. The third-order valence-corrected chi connectivity index (χ3v) is 4.88. The Morgan fingerprint density at radius 2 is 1.71 bits per heavy atom. The summed E-state index contributed by atoms with van der Waals surface area (Å²) in [6.07, 6.45) is 4.17. The summed E-state index contributed by atoms with van der Waals surface area (Å²) in [4.78, 5) is 8.57. The first-order valence-electron chi connectivity index (χ1n) is 11.1. The summed E-state index contributed by atoms with van der Waals surface area (Å²) < 4.78 is 2.00. The number of nitrogens with two attached hydrogens (primary N) is 2. The van der Waals surface area contributed by atoms with Gasteiger partial charge in [0.1, 0.15) is 5.94 Å². The lowest BCUT2D eigenvalue weighted by Crippen LogP contribution is -2.06. The fourth-order valence-corrected chi connectivity index (χ4v) is 3.45. The van der Waals surface area contributed by atoms with Crippen molar-refractivity contribution in [2.75, 3.05) is 19.4 Å². The normalized spacial score (nSPS) is 12.0. The van der Waals surface area contributed by atoms with Crippen LogP contribution in [0.3, 0.4) is 0 Å². The average molecular weight is 472 g/mol. The second kappa shape index (κ2) is 14.7. The molecular formula is C27H33N7O. The van der Waals surface area contributed by atoms with E-state index in [9.17, 15) is 5.26 Å². The van der Waals surface area contributed by atoms with Gasteiger partial charge >= 0.3 is 0 Å². The smallest absolute Gasteiger partial charge is 0.229 e. The van der Waals surface area contributed by atoms with Gasteiger partial charge in [0.25, 0.3) is 0 Å². The van der Waals surface area contributed by atoms with Crippen molar-refractivity contribution >= 4 is 28.2 Å². The molecule has 5 N–H and O–H groups in total. The molecule has 8 heteroatoms. The minimum Gasteiger partial charge on any atom is -0.398 e. The van der Waals surface area contributed by atoms with Gasteiger partial charge in [-0.1, -0.05) is 50.2 Å². The summed E-state index contributed by atoms with van der Waals surface area (Å²) in [6.45, 7) is 8.61. The van der Waals surface area contributed by atoms with Crippen LogP contribution in [0.1, 0.15) is 33.0 Å². The second-order valence-corrected chi connectivity index (χ2v) is 6.84. The van der Waals surface area contributed by atoms with Crippen LogP contribution in [-0.4, -0.2) is 34.8 Å². The molecule has 0 saturated heterocycles. The number of nitriles is 1. The molecule has 0 saturated carbocycles. The molecule has 0 spiro atoms. The van der Waals surface area contributed by atoms with E-state index in [1.54, 1.807) is 6.08 Å². The number of benzene rings is 2. The number of allylic oxidation sites excluding steroid dienone is 5. The maximum Gasteiger partial charge on any atom is 0.229 e. The van der Waals surface area contributed by atoms with E-state index in [4.69, 9.17) is 10.5 Å². The van der Waals surface area contributed by atoms with E-state index in [1.165, 1.54) is 13.0 Å². The van der Waals surface area contributed by atoms with E-state index in [0.717, 1.165) is 27.6 Å². The highest BCUT2D eigenvalue weighted by Crippen LogP contribution is 2.32. The van der Waals surface area contributed by atoms with Gasteiger partial charge in [-0.15, -0.1) is 10.2 Å². The van der Waals surface area contributed by atoms with Gasteiger partial charge in [-0.25, -0.2) is 4.79 Å². The molecule has 1 aliphatic rings. The summed E-state index contributed by atoms with van der Waals surface area (Å²) in [7, 11) is 3.32. The summed E-state index contributed by atoms with van der Waals surface area (Å²) in [6, 6.07) is 16.6. The van der Waals surface area contributed by atoms with Crippen LogP contribution in [0.4, 0.5) is 5.95 Å². The summed E-state index contributed by atoms with van der Waals surface area (Å²) in [5.41, 5.74) is 14.6. The first-order chi connectivity index (χ1) is 17.0. The summed E-state index contributed by atoms with van der Waals surface area (Å²) >= 11 is 0. The number of hydrogen-bond donors (Lipinski definition) is 3. The number of nitrogens with one attached hydrogen (secondary N) is 1. The van der Waals surface area contributed by atoms with Crippen LogP contribution < -0.4 is 16.8 Å². The Labute approximate surface area is 207 Å². The molecule has 3 aromatic rings. The fraction of sp³-hybridized carbons (Fsp3) is 0.222. The van der Waals surface area contributed by atoms with E-state index in [-0.39, 0.29) is 0 Å². The highest BCUT2D eigenvalue weighted by Gasteiger charge is 2.20. The highest BCUT2D eigenvalue weighted by atomic mass is 16.1. The third-order valence-electron chi connectivity index (χ3n) is 4.88. The molecule has 35 heavy (non-hydrogen) atoms. The monoisotopic (exact) mass is 471 g/mol. The van der Waals surface area contributed by atoms with Crippen molar-refractivity contribution in [3.63, 3.8) is 0 Å². The zero-order valence-corrected chi connectivity index (χ0v) is 21.0. The molecule has 0 unspecified atom stereocenters. The third kappa shape index (κ3) is 6.78. The number of fused-ring (bicyclic) bond motifs is 1. The molecule has 0 bridgehead atoms. The molecule has 0 amide bonds. The van der Waals surface area contributed by atoms with Gasteiger partial charge in [0.15, 0.2) is 5.82 Å². The molecule has 1 aliphatic carbocycles. The first-order valence-corrected chi connectivity index (χ1v) is 11.1. The van der Waals surface area contributed by atoms with Gasteiger partial charge < -0.3 is 16.8 Å². The van der Waals surface area contributed by atoms with Crippen molar-refractivity contribution in [1.29, 1.82) is 5.26 Å². The van der Waals surface area contributed by atoms with Crippen LogP contribution in [0.2, 0.25) is 0 Å². The fourth-order valence-electron chi connectivity index (χ4n) is 3.45. The molecule has 182 valence electrons. The Morgan fingerprint density at radius 1 is 1.09 bits per heavy atom. The lowest BCUT2D eigenvalue weighted by atomic mass is 10.0. The number of carbonyl (C=O) groups excluding carboxylic acids is 1. The standard InChI is InChI=1S/C22H20N6.C2H2O.C2H6.CH5N/c1-14-10-17(11-15(13-23)12-19(14)24)21-26-27-22(25-2)28(21)20-9-5-7-16-6-3-4-8-18(16)20;1-2-3;2*1-2/h3-10,12H,11,24H2,1-2H3,(H,25,27);1H2;1-2H3;2H2,1H3. The second-order valence-electron chi connectivity index (χ2n) is 6.84. The minimum absolute atomic E-state index is 0.446. The number of anilines is 1. The largest absolute Gasteiger partial charge is 0.398 e. The van der Waals surface area contributed by atoms with E-state index < -0.39 is 0 Å². The van der Waals surface area contributed by atoms with Crippen molar-refractivity contribution in [3.8, 4) is 11.8 Å². The van der Waals surface area contributed by atoms with Crippen LogP contribution in [-0.2, 0) is 4.79 Å². The first kappa shape index (κ1) is 28.6. The van der Waals surface area contributed by atoms with Crippen LogP contribution in [0, 0.1) is 11.3 Å². The highest BCUT2D eigenvalue weighted by molar-refractivity contribution is 5.91. The van der Waals surface area contributed by atoms with Crippen LogP contribution >= 0.6 is 0 Å². The van der Waals surface area contributed by atoms with Crippen LogP contribution in [0.5, 0.6) is 0 Å². The van der Waals surface area contributed by atoms with Crippen molar-refractivity contribution in [2.45, 2.75) is 27.2 Å². The molecule has 2 aromatic carbocycles. The molecule has 8 nitrogen and oxygen atoms in total. The molecule has 4 rings (SSSR count). The van der Waals surface area contributed by atoms with Crippen LogP contribution in [0.15, 0.2) is 78.0 Å². The molecule has 0 radical (unpaired) electrons. The zero-order valence-electron chi connectivity index (χ0n) is 21.0. The number of aromatic nitrogens is 3. The lowest BCUT2D eigenvalue weighted by molar-refractivity contribution is 0.569. The van der Waals surface area contributed by atoms with Crippen molar-refractivity contribution in [1.82, 2.24) is 14.8 Å². The Hall–Kier alpha value is -4.44. The Balaban J connectivity index is 0.000000797. The zero-order chi connectivity index (χ0) is 26.4. The molecule has 1 heterocycles. The predicted molar refractivity (Wildman–Crippen MR) is 144 cm³/mol. The number of nitrogens with zero attached hydrogens (tertiary/aromatic N) is 4. The lowest BCUT2D eigenvalue weighted by Gasteiger charge is -2.14. The van der Waals surface area contributed by atoms with E-state index in [0.29, 0.717) is 29.5 Å². The number of hydrogen-bond acceptors (Lipinski definition) is 7. The molecular weight excluding hydrogens is 438 g/mol. The van der Waals surface area contributed by atoms with Gasteiger partial charge in [0, 0.05) is 35.7 Å². The van der Waals surface area contributed by atoms with Crippen molar-refractivity contribution in [3.05, 3.63) is 83.9 Å². The van der Waals surface area contributed by atoms with Gasteiger partial charge in [-0.3, -0.25) is 4.57 Å². The Kier molecular flexibility index (Phi) is 12.0. The Bertz CT molecular complexity index is 1300. The molecule has 1 aromatic heterocycles. The van der Waals surface area contributed by atoms with E-state index >= 15 is 0 Å². The summed E-state index contributed by atoms with van der Waals surface area (Å²) in [5, 5.41) is 23.6. The summed E-state index contributed by atoms with van der Waals surface area (Å²) in [5.74, 6) is 2.57. The number of rotatable bonds is 3. The van der Waals surface area contributed by atoms with Crippen molar-refractivity contribution < 1.29 is 4.79 Å². The van der Waals surface area contributed by atoms with Gasteiger partial charge in [0.05, 0.1) is 11.8 Å². The van der Waals surface area contributed by atoms with E-state index in [2.05, 4.69) is 52.1 Å².